The van der Waals surface area contributed by atoms with E-state index in [0.29, 0.717) is 12.1 Å². The number of amides is 1. The molecule has 2 aliphatic rings. The van der Waals surface area contributed by atoms with Gasteiger partial charge in [-0.15, -0.1) is 0 Å². The molecule has 0 N–H and O–H groups in total. The van der Waals surface area contributed by atoms with E-state index in [9.17, 15) is 13.2 Å². The normalized spacial score (nSPS) is 21.2. The van der Waals surface area contributed by atoms with Gasteiger partial charge in [-0.1, -0.05) is 18.6 Å². The molecule has 2 aromatic rings. The van der Waals surface area contributed by atoms with Crippen molar-refractivity contribution >= 4 is 15.9 Å². The van der Waals surface area contributed by atoms with Gasteiger partial charge in [0.25, 0.3) is 5.91 Å². The molecule has 1 saturated heterocycles. The molecule has 160 valence electrons. The summed E-state index contributed by atoms with van der Waals surface area (Å²) in [6.45, 7) is 4.47. The van der Waals surface area contributed by atoms with Crippen molar-refractivity contribution in [2.75, 3.05) is 6.54 Å². The fourth-order valence-electron chi connectivity index (χ4n) is 4.28. The maximum absolute atomic E-state index is 13.5. The summed E-state index contributed by atoms with van der Waals surface area (Å²) in [5.74, 6) is -0.139. The Balaban J connectivity index is 1.63. The van der Waals surface area contributed by atoms with Gasteiger partial charge in [-0.25, -0.2) is 8.42 Å². The van der Waals surface area contributed by atoms with Crippen LogP contribution in [0.3, 0.4) is 0 Å². The first-order valence-corrected chi connectivity index (χ1v) is 12.2. The molecule has 1 aliphatic heterocycles. The van der Waals surface area contributed by atoms with Crippen molar-refractivity contribution in [1.82, 2.24) is 14.2 Å². The van der Waals surface area contributed by atoms with Gasteiger partial charge in [-0.3, -0.25) is 9.78 Å². The van der Waals surface area contributed by atoms with Gasteiger partial charge in [0.2, 0.25) is 10.0 Å². The second-order valence-corrected chi connectivity index (χ2v) is 10.3. The standard InChI is InChI=1S/C23H29N3O3S/c1-17-8-4-6-15-25(17)30(28,29)21-10-7-9-19(16-21)23(27)26(20-12-13-20)18(2)22-11-3-5-14-24-22/h3,5,7,9-11,14,16-18,20H,4,6,8,12-13,15H2,1-2H3. The van der Waals surface area contributed by atoms with Crippen LogP contribution >= 0.6 is 0 Å². The zero-order valence-electron chi connectivity index (χ0n) is 17.6. The highest BCUT2D eigenvalue weighted by Gasteiger charge is 2.38. The third-order valence-electron chi connectivity index (χ3n) is 6.14. The SMILES string of the molecule is CC(c1ccccn1)N(C(=O)c1cccc(S(=O)(=O)N2CCCCC2C)c1)C1CC1. The fraction of sp³-hybridized carbons (Fsp3) is 0.478. The molecule has 2 heterocycles. The van der Waals surface area contributed by atoms with Crippen molar-refractivity contribution in [3.8, 4) is 0 Å². The highest BCUT2D eigenvalue weighted by atomic mass is 32.2. The van der Waals surface area contributed by atoms with Crippen LogP contribution in [0, 0.1) is 0 Å². The number of sulfonamides is 1. The molecular formula is C23H29N3O3S. The smallest absolute Gasteiger partial charge is 0.254 e. The van der Waals surface area contributed by atoms with E-state index in [-0.39, 0.29) is 28.9 Å². The summed E-state index contributed by atoms with van der Waals surface area (Å²) in [5, 5.41) is 0. The summed E-state index contributed by atoms with van der Waals surface area (Å²) in [4.78, 5) is 19.9. The van der Waals surface area contributed by atoms with Gasteiger partial charge in [-0.2, -0.15) is 4.31 Å². The summed E-state index contributed by atoms with van der Waals surface area (Å²) >= 11 is 0. The Kier molecular flexibility index (Phi) is 5.93. The van der Waals surface area contributed by atoms with Crippen molar-refractivity contribution in [3.63, 3.8) is 0 Å². The molecule has 30 heavy (non-hydrogen) atoms. The first-order valence-electron chi connectivity index (χ1n) is 10.7. The van der Waals surface area contributed by atoms with E-state index < -0.39 is 10.0 Å². The molecular weight excluding hydrogens is 398 g/mol. The predicted molar refractivity (Wildman–Crippen MR) is 115 cm³/mol. The zero-order valence-corrected chi connectivity index (χ0v) is 18.4. The fourth-order valence-corrected chi connectivity index (χ4v) is 6.03. The van der Waals surface area contributed by atoms with E-state index in [0.717, 1.165) is 37.8 Å². The summed E-state index contributed by atoms with van der Waals surface area (Å²) < 4.78 is 28.0. The van der Waals surface area contributed by atoms with Crippen LogP contribution in [0.1, 0.15) is 68.0 Å². The first kappa shape index (κ1) is 21.0. The van der Waals surface area contributed by atoms with Crippen LogP contribution in [0.4, 0.5) is 0 Å². The number of carbonyl (C=O) groups excluding carboxylic acids is 1. The highest BCUT2D eigenvalue weighted by Crippen LogP contribution is 2.35. The number of hydrogen-bond acceptors (Lipinski definition) is 4. The van der Waals surface area contributed by atoms with Crippen LogP contribution in [0.15, 0.2) is 53.6 Å². The van der Waals surface area contributed by atoms with Crippen LogP contribution in [0.25, 0.3) is 0 Å². The van der Waals surface area contributed by atoms with Gasteiger partial charge in [-0.05, 0) is 69.9 Å². The molecule has 6 nitrogen and oxygen atoms in total. The lowest BCUT2D eigenvalue weighted by molar-refractivity contribution is 0.0670. The predicted octanol–water partition coefficient (Wildman–Crippen LogP) is 4.01. The molecule has 1 saturated carbocycles. The number of nitrogens with zero attached hydrogens (tertiary/aromatic N) is 3. The lowest BCUT2D eigenvalue weighted by Gasteiger charge is -2.32. The number of rotatable bonds is 6. The molecule has 0 radical (unpaired) electrons. The average molecular weight is 428 g/mol. The van der Waals surface area contributed by atoms with Crippen LogP contribution < -0.4 is 0 Å². The maximum Gasteiger partial charge on any atom is 0.254 e. The van der Waals surface area contributed by atoms with E-state index in [1.54, 1.807) is 34.8 Å². The van der Waals surface area contributed by atoms with E-state index in [4.69, 9.17) is 0 Å². The van der Waals surface area contributed by atoms with Crippen LogP contribution in [0.5, 0.6) is 0 Å². The van der Waals surface area contributed by atoms with Gasteiger partial charge >= 0.3 is 0 Å². The topological polar surface area (TPSA) is 70.6 Å². The van der Waals surface area contributed by atoms with Crippen LogP contribution in [-0.2, 0) is 10.0 Å². The lowest BCUT2D eigenvalue weighted by Crippen LogP contribution is -2.42. The zero-order chi connectivity index (χ0) is 21.3. The maximum atomic E-state index is 13.5. The second kappa shape index (κ2) is 8.47. The molecule has 0 bridgehead atoms. The molecule has 1 aromatic heterocycles. The van der Waals surface area contributed by atoms with Crippen LogP contribution in [-0.4, -0.2) is 47.1 Å². The Morgan fingerprint density at radius 2 is 1.93 bits per heavy atom. The summed E-state index contributed by atoms with van der Waals surface area (Å²) in [6, 6.07) is 12.2. The van der Waals surface area contributed by atoms with E-state index in [2.05, 4.69) is 4.98 Å². The Labute approximate surface area is 179 Å². The van der Waals surface area contributed by atoms with Gasteiger partial charge in [0.15, 0.2) is 0 Å². The minimum atomic E-state index is -3.62. The molecule has 2 unspecified atom stereocenters. The Hall–Kier alpha value is -2.25. The molecule has 0 spiro atoms. The summed E-state index contributed by atoms with van der Waals surface area (Å²) in [7, 11) is -3.62. The van der Waals surface area contributed by atoms with Crippen molar-refractivity contribution in [2.24, 2.45) is 0 Å². The minimum Gasteiger partial charge on any atom is -0.327 e. The molecule has 1 aromatic carbocycles. The van der Waals surface area contributed by atoms with E-state index in [1.165, 1.54) is 0 Å². The highest BCUT2D eigenvalue weighted by molar-refractivity contribution is 7.89. The number of piperidine rings is 1. The molecule has 2 atom stereocenters. The monoisotopic (exact) mass is 427 g/mol. The molecule has 7 heteroatoms. The average Bonchev–Trinajstić information content (AvgIpc) is 3.60. The largest absolute Gasteiger partial charge is 0.327 e. The molecule has 2 fully saturated rings. The first-order chi connectivity index (χ1) is 14.4. The number of pyridine rings is 1. The third kappa shape index (κ3) is 4.14. The van der Waals surface area contributed by atoms with Crippen molar-refractivity contribution < 1.29 is 13.2 Å². The quantitative estimate of drug-likeness (QED) is 0.698. The Bertz CT molecular complexity index is 1010. The van der Waals surface area contributed by atoms with Crippen LogP contribution in [0.2, 0.25) is 0 Å². The number of benzene rings is 1. The van der Waals surface area contributed by atoms with E-state index >= 15 is 0 Å². The third-order valence-corrected chi connectivity index (χ3v) is 8.15. The van der Waals surface area contributed by atoms with Gasteiger partial charge in [0.05, 0.1) is 16.6 Å². The number of aromatic nitrogens is 1. The van der Waals surface area contributed by atoms with Crippen molar-refractivity contribution in [2.45, 2.75) is 69.0 Å². The van der Waals surface area contributed by atoms with Gasteiger partial charge in [0.1, 0.15) is 0 Å². The molecule has 1 amide bonds. The van der Waals surface area contributed by atoms with E-state index in [1.807, 2.05) is 36.9 Å². The number of carbonyl (C=O) groups is 1. The lowest BCUT2D eigenvalue weighted by atomic mass is 10.1. The van der Waals surface area contributed by atoms with Gasteiger partial charge < -0.3 is 4.90 Å². The number of hydrogen-bond donors (Lipinski definition) is 0. The van der Waals surface area contributed by atoms with Crippen molar-refractivity contribution in [1.29, 1.82) is 0 Å². The Morgan fingerprint density at radius 1 is 1.13 bits per heavy atom. The van der Waals surface area contributed by atoms with Gasteiger partial charge in [0, 0.05) is 30.4 Å². The molecule has 1 aliphatic carbocycles. The Morgan fingerprint density at radius 3 is 2.60 bits per heavy atom. The second-order valence-electron chi connectivity index (χ2n) is 8.36. The van der Waals surface area contributed by atoms with Crippen molar-refractivity contribution in [3.05, 3.63) is 59.9 Å². The summed E-state index contributed by atoms with van der Waals surface area (Å²) in [6.07, 6.45) is 6.45. The summed E-state index contributed by atoms with van der Waals surface area (Å²) in [5.41, 5.74) is 1.25. The minimum absolute atomic E-state index is 0.0183. The molecule has 4 rings (SSSR count).